The third-order valence-electron chi connectivity index (χ3n) is 2.63. The summed E-state index contributed by atoms with van der Waals surface area (Å²) in [6.07, 6.45) is 1.25. The van der Waals surface area contributed by atoms with E-state index in [1.54, 1.807) is 23.7 Å². The lowest BCUT2D eigenvalue weighted by Gasteiger charge is -2.09. The largest absolute Gasteiger partial charge is 0.349 e. The van der Waals surface area contributed by atoms with Crippen LogP contribution < -0.4 is 5.43 Å². The van der Waals surface area contributed by atoms with Crippen molar-refractivity contribution >= 4 is 30.6 Å². The normalized spacial score (nSPS) is 11.9. The zero-order chi connectivity index (χ0) is 12.8. The minimum atomic E-state index is -4.02. The van der Waals surface area contributed by atoms with Crippen molar-refractivity contribution in [3.8, 4) is 0 Å². The Labute approximate surface area is 103 Å². The van der Waals surface area contributed by atoms with Crippen molar-refractivity contribution in [3.63, 3.8) is 0 Å². The van der Waals surface area contributed by atoms with Crippen LogP contribution in [0.2, 0.25) is 0 Å². The maximum absolute atomic E-state index is 12.0. The fraction of sp³-hybridized carbons (Fsp3) is 0.182. The molecule has 0 unspecified atom stereocenters. The second-order valence-electron chi connectivity index (χ2n) is 3.84. The van der Waals surface area contributed by atoms with Crippen LogP contribution >= 0.6 is 10.7 Å². The Morgan fingerprint density at radius 2 is 1.94 bits per heavy atom. The van der Waals surface area contributed by atoms with E-state index >= 15 is 0 Å². The molecule has 0 saturated heterocycles. The topological polar surface area (TPSA) is 56.1 Å². The predicted octanol–water partition coefficient (Wildman–Crippen LogP) is 1.77. The molecule has 4 nitrogen and oxygen atoms in total. The lowest BCUT2D eigenvalue weighted by Crippen LogP contribution is -2.15. The summed E-state index contributed by atoms with van der Waals surface area (Å²) in [6, 6.07) is 5.16. The van der Waals surface area contributed by atoms with Crippen molar-refractivity contribution < 1.29 is 8.42 Å². The second kappa shape index (κ2) is 3.85. The molecule has 0 N–H and O–H groups in total. The van der Waals surface area contributed by atoms with Gasteiger partial charge < -0.3 is 4.57 Å². The number of hydrogen-bond donors (Lipinski definition) is 0. The minimum absolute atomic E-state index is 0.356. The fourth-order valence-electron chi connectivity index (χ4n) is 1.92. The van der Waals surface area contributed by atoms with Crippen LogP contribution in [0.3, 0.4) is 0 Å². The quantitative estimate of drug-likeness (QED) is 0.743. The minimum Gasteiger partial charge on any atom is -0.349 e. The Balaban J connectivity index is 3.08. The Bertz CT molecular complexity index is 762. The Kier molecular flexibility index (Phi) is 2.75. The molecule has 0 fully saturated rings. The number of pyridine rings is 1. The summed E-state index contributed by atoms with van der Waals surface area (Å²) in [6.45, 7) is 1.86. The van der Waals surface area contributed by atoms with Gasteiger partial charge >= 0.3 is 0 Å². The van der Waals surface area contributed by atoms with Crippen molar-refractivity contribution in [3.05, 3.63) is 40.2 Å². The summed E-state index contributed by atoms with van der Waals surface area (Å²) in [5, 5.41) is 0.356. The molecule has 6 heteroatoms. The molecule has 0 radical (unpaired) electrons. The van der Waals surface area contributed by atoms with Crippen molar-refractivity contribution in [2.45, 2.75) is 11.8 Å². The van der Waals surface area contributed by atoms with Gasteiger partial charge in [0.15, 0.2) is 0 Å². The first-order valence-corrected chi connectivity index (χ1v) is 7.17. The molecular weight excluding hydrogens is 262 g/mol. The van der Waals surface area contributed by atoms with Gasteiger partial charge in [-0.25, -0.2) is 8.42 Å². The number of nitrogens with zero attached hydrogens (tertiary/aromatic N) is 1. The van der Waals surface area contributed by atoms with Gasteiger partial charge in [0, 0.05) is 29.3 Å². The summed E-state index contributed by atoms with van der Waals surface area (Å²) in [4.78, 5) is 11.6. The molecule has 0 atom stereocenters. The van der Waals surface area contributed by atoms with Gasteiger partial charge in [-0.15, -0.1) is 0 Å². The van der Waals surface area contributed by atoms with Gasteiger partial charge in [-0.2, -0.15) is 0 Å². The number of benzene rings is 1. The molecule has 2 aromatic rings. The Morgan fingerprint density at radius 1 is 1.29 bits per heavy atom. The van der Waals surface area contributed by atoms with Crippen LogP contribution in [-0.4, -0.2) is 13.0 Å². The van der Waals surface area contributed by atoms with Gasteiger partial charge in [-0.3, -0.25) is 4.79 Å². The highest BCUT2D eigenvalue weighted by Gasteiger charge is 2.18. The van der Waals surface area contributed by atoms with Gasteiger partial charge in [-0.1, -0.05) is 12.1 Å². The molecule has 0 aliphatic rings. The molecule has 0 aliphatic heterocycles. The molecule has 0 saturated carbocycles. The van der Waals surface area contributed by atoms with E-state index in [9.17, 15) is 13.2 Å². The summed E-state index contributed by atoms with van der Waals surface area (Å²) in [5.41, 5.74) is 1.05. The second-order valence-corrected chi connectivity index (χ2v) is 6.38. The first-order chi connectivity index (χ1) is 7.82. The molecule has 0 bridgehead atoms. The van der Waals surface area contributed by atoms with Gasteiger partial charge in [0.25, 0.3) is 9.05 Å². The average Bonchev–Trinajstić information content (AvgIpc) is 2.21. The molecule has 2 rings (SSSR count). The van der Waals surface area contributed by atoms with E-state index in [-0.39, 0.29) is 4.90 Å². The van der Waals surface area contributed by atoms with Gasteiger partial charge in [-0.05, 0) is 18.6 Å². The molecule has 1 aromatic carbocycles. The lowest BCUT2D eigenvalue weighted by atomic mass is 10.1. The van der Waals surface area contributed by atoms with Crippen LogP contribution in [0, 0.1) is 6.92 Å². The number of fused-ring (bicyclic) bond motifs is 1. The molecule has 90 valence electrons. The van der Waals surface area contributed by atoms with Gasteiger partial charge in [0.1, 0.15) is 4.90 Å². The van der Waals surface area contributed by atoms with Crippen molar-refractivity contribution in [2.24, 2.45) is 7.05 Å². The van der Waals surface area contributed by atoms with E-state index in [1.807, 2.05) is 13.0 Å². The number of hydrogen-bond acceptors (Lipinski definition) is 3. The molecule has 0 amide bonds. The van der Waals surface area contributed by atoms with Crippen LogP contribution in [0.5, 0.6) is 0 Å². The van der Waals surface area contributed by atoms with E-state index in [0.29, 0.717) is 10.9 Å². The highest BCUT2D eigenvalue weighted by Crippen LogP contribution is 2.18. The summed E-state index contributed by atoms with van der Waals surface area (Å²) < 4.78 is 24.2. The third-order valence-corrected chi connectivity index (χ3v) is 3.95. The first-order valence-electron chi connectivity index (χ1n) is 4.86. The maximum Gasteiger partial charge on any atom is 0.266 e. The van der Waals surface area contributed by atoms with Crippen LogP contribution in [-0.2, 0) is 16.1 Å². The van der Waals surface area contributed by atoms with Crippen molar-refractivity contribution in [1.29, 1.82) is 0 Å². The van der Waals surface area contributed by atoms with E-state index < -0.39 is 14.5 Å². The highest BCUT2D eigenvalue weighted by atomic mass is 35.7. The highest BCUT2D eigenvalue weighted by molar-refractivity contribution is 8.13. The molecule has 1 heterocycles. The van der Waals surface area contributed by atoms with Crippen LogP contribution in [0.15, 0.2) is 34.1 Å². The molecule has 17 heavy (non-hydrogen) atoms. The maximum atomic E-state index is 12.0. The predicted molar refractivity (Wildman–Crippen MR) is 67.0 cm³/mol. The zero-order valence-electron chi connectivity index (χ0n) is 9.27. The van der Waals surface area contributed by atoms with E-state index in [2.05, 4.69) is 0 Å². The van der Waals surface area contributed by atoms with Crippen LogP contribution in [0.1, 0.15) is 5.56 Å². The molecular formula is C11H10ClNO3S. The van der Waals surface area contributed by atoms with Crippen molar-refractivity contribution in [1.82, 2.24) is 4.57 Å². The number of aromatic nitrogens is 1. The molecule has 0 spiro atoms. The average molecular weight is 272 g/mol. The van der Waals surface area contributed by atoms with E-state index in [4.69, 9.17) is 10.7 Å². The molecule has 1 aromatic heterocycles. The standard InChI is InChI=1S/C11H10ClNO3S/c1-7-4-3-5-8-10(7)13(2)6-9(11(8)14)17(12,15)16/h3-6H,1-2H3. The van der Waals surface area contributed by atoms with Crippen LogP contribution in [0.25, 0.3) is 10.9 Å². The Hall–Kier alpha value is -1.33. The summed E-state index contributed by atoms with van der Waals surface area (Å²) in [5.74, 6) is 0. The smallest absolute Gasteiger partial charge is 0.266 e. The number of halogens is 1. The van der Waals surface area contributed by atoms with E-state index in [0.717, 1.165) is 5.56 Å². The summed E-state index contributed by atoms with van der Waals surface area (Å²) >= 11 is 0. The monoisotopic (exact) mass is 271 g/mol. The fourth-order valence-corrected chi connectivity index (χ4v) is 2.86. The third kappa shape index (κ3) is 1.96. The SMILES string of the molecule is Cc1cccc2c(=O)c(S(=O)(=O)Cl)cn(C)c12. The Morgan fingerprint density at radius 3 is 2.53 bits per heavy atom. The van der Waals surface area contributed by atoms with Crippen molar-refractivity contribution in [2.75, 3.05) is 0 Å². The number of para-hydroxylation sites is 1. The number of rotatable bonds is 1. The molecule has 0 aliphatic carbocycles. The van der Waals surface area contributed by atoms with E-state index in [1.165, 1.54) is 6.20 Å². The lowest BCUT2D eigenvalue weighted by molar-refractivity contribution is 0.608. The van der Waals surface area contributed by atoms with Crippen LogP contribution in [0.4, 0.5) is 0 Å². The van der Waals surface area contributed by atoms with Gasteiger partial charge in [0.05, 0.1) is 5.52 Å². The summed E-state index contributed by atoms with van der Waals surface area (Å²) in [7, 11) is 2.89. The zero-order valence-corrected chi connectivity index (χ0v) is 10.8. The first kappa shape index (κ1) is 12.1. The van der Waals surface area contributed by atoms with Gasteiger partial charge in [0.2, 0.25) is 5.43 Å². The number of aryl methyl sites for hydroxylation is 2.